The summed E-state index contributed by atoms with van der Waals surface area (Å²) >= 11 is 0. The van der Waals surface area contributed by atoms with Crippen LogP contribution >= 0.6 is 0 Å². The van der Waals surface area contributed by atoms with Gasteiger partial charge in [0.1, 0.15) is 0 Å². The Labute approximate surface area is 54.0 Å². The number of methoxy groups -OCH3 is 1. The van der Waals surface area contributed by atoms with Gasteiger partial charge in [-0.2, -0.15) is 0 Å². The lowest BCUT2D eigenvalue weighted by atomic mass is 10.8. The Morgan fingerprint density at radius 3 is 2.00 bits per heavy atom. The Morgan fingerprint density at radius 1 is 1.78 bits per heavy atom. The third-order valence-corrected chi connectivity index (χ3v) is 0.405. The first-order valence-electron chi connectivity index (χ1n) is 2.42. The molecule has 54 valence electrons. The smallest absolute Gasteiger partial charge is 0.281 e. The maximum Gasteiger partial charge on any atom is 0.281 e. The Kier molecular flexibility index (Phi) is 12.4. The summed E-state index contributed by atoms with van der Waals surface area (Å²) in [6, 6.07) is 0. The normalized spacial score (nSPS) is 6.89. The standard InChI is InChI=1S/C3H8O.C2H3NO2/c1-3-4-2;3-2(5)1-4/h3H2,1-2H3;1H,(H2,3,5). The van der Waals surface area contributed by atoms with E-state index in [2.05, 4.69) is 10.5 Å². The van der Waals surface area contributed by atoms with Gasteiger partial charge in [-0.3, -0.25) is 9.59 Å². The highest BCUT2D eigenvalue weighted by molar-refractivity contribution is 6.22. The highest BCUT2D eigenvalue weighted by Gasteiger charge is 1.76. The van der Waals surface area contributed by atoms with E-state index < -0.39 is 5.91 Å². The molecule has 0 aliphatic rings. The molecule has 0 rings (SSSR count). The average Bonchev–Trinajstić information content (AvgIpc) is 1.89. The monoisotopic (exact) mass is 133 g/mol. The van der Waals surface area contributed by atoms with E-state index in [0.717, 1.165) is 6.61 Å². The molecule has 4 nitrogen and oxygen atoms in total. The molecule has 0 aromatic rings. The lowest BCUT2D eigenvalue weighted by Crippen LogP contribution is -2.10. The number of carbonyl (C=O) groups excluding carboxylic acids is 2. The number of rotatable bonds is 2. The summed E-state index contributed by atoms with van der Waals surface area (Å²) in [5.74, 6) is -0.926. The highest BCUT2D eigenvalue weighted by atomic mass is 16.5. The SMILES string of the molecule is CCOC.NC(=O)C=O. The molecule has 0 aliphatic heterocycles. The van der Waals surface area contributed by atoms with E-state index in [9.17, 15) is 4.79 Å². The summed E-state index contributed by atoms with van der Waals surface area (Å²) in [4.78, 5) is 18.3. The Balaban J connectivity index is 0. The molecule has 0 aromatic heterocycles. The van der Waals surface area contributed by atoms with Crippen molar-refractivity contribution >= 4 is 12.2 Å². The molecule has 0 spiro atoms. The molecule has 0 aliphatic carbocycles. The molecule has 0 heterocycles. The fourth-order valence-electron chi connectivity index (χ4n) is 0. The molecular weight excluding hydrogens is 122 g/mol. The van der Waals surface area contributed by atoms with Crippen LogP contribution in [0.4, 0.5) is 0 Å². The van der Waals surface area contributed by atoms with Crippen LogP contribution in [-0.4, -0.2) is 25.9 Å². The number of primary amides is 1. The predicted molar refractivity (Wildman–Crippen MR) is 32.8 cm³/mol. The maximum absolute atomic E-state index is 9.22. The third-order valence-electron chi connectivity index (χ3n) is 0.405. The van der Waals surface area contributed by atoms with Crippen LogP contribution in [0.5, 0.6) is 0 Å². The van der Waals surface area contributed by atoms with Gasteiger partial charge < -0.3 is 10.5 Å². The summed E-state index contributed by atoms with van der Waals surface area (Å²) in [5.41, 5.74) is 4.28. The minimum Gasteiger partial charge on any atom is -0.385 e. The van der Waals surface area contributed by atoms with Crippen LogP contribution in [0.2, 0.25) is 0 Å². The van der Waals surface area contributed by atoms with E-state index in [1.165, 1.54) is 0 Å². The van der Waals surface area contributed by atoms with E-state index in [1.807, 2.05) is 6.92 Å². The highest BCUT2D eigenvalue weighted by Crippen LogP contribution is 1.52. The molecule has 0 aromatic carbocycles. The maximum atomic E-state index is 9.22. The summed E-state index contributed by atoms with van der Waals surface area (Å²) in [6.45, 7) is 2.78. The van der Waals surface area contributed by atoms with Crippen molar-refractivity contribution in [3.63, 3.8) is 0 Å². The van der Waals surface area contributed by atoms with Crippen molar-refractivity contribution in [2.24, 2.45) is 5.73 Å². The van der Waals surface area contributed by atoms with Gasteiger partial charge in [0.25, 0.3) is 5.91 Å². The zero-order valence-electron chi connectivity index (χ0n) is 5.59. The lowest BCUT2D eigenvalue weighted by Gasteiger charge is -1.76. The molecule has 0 fully saturated rings. The van der Waals surface area contributed by atoms with Crippen LogP contribution in [0.25, 0.3) is 0 Å². The van der Waals surface area contributed by atoms with Crippen molar-refractivity contribution < 1.29 is 14.3 Å². The second kappa shape index (κ2) is 10.2. The largest absolute Gasteiger partial charge is 0.385 e. The minimum absolute atomic E-state index is 0.0556. The summed E-state index contributed by atoms with van der Waals surface area (Å²) in [7, 11) is 1.68. The number of amides is 1. The first-order valence-corrected chi connectivity index (χ1v) is 2.42. The van der Waals surface area contributed by atoms with Gasteiger partial charge in [-0.1, -0.05) is 0 Å². The second-order valence-electron chi connectivity index (χ2n) is 1.10. The summed E-state index contributed by atoms with van der Waals surface area (Å²) < 4.78 is 4.54. The number of ether oxygens (including phenoxy) is 1. The van der Waals surface area contributed by atoms with Crippen LogP contribution < -0.4 is 5.73 Å². The van der Waals surface area contributed by atoms with Gasteiger partial charge in [0.05, 0.1) is 0 Å². The van der Waals surface area contributed by atoms with Gasteiger partial charge in [-0.05, 0) is 6.92 Å². The summed E-state index contributed by atoms with van der Waals surface area (Å²) in [6.07, 6.45) is 0.0556. The Hall–Kier alpha value is -0.900. The Bertz CT molecular complexity index is 80.3. The third kappa shape index (κ3) is 41.9. The first-order chi connectivity index (χ1) is 4.18. The molecule has 0 saturated carbocycles. The number of carbonyl (C=O) groups is 2. The lowest BCUT2D eigenvalue weighted by molar-refractivity contribution is -0.129. The first kappa shape index (κ1) is 11.0. The van der Waals surface area contributed by atoms with Crippen molar-refractivity contribution in [1.82, 2.24) is 0 Å². The van der Waals surface area contributed by atoms with E-state index in [1.54, 1.807) is 7.11 Å². The number of aldehydes is 1. The fraction of sp³-hybridized carbons (Fsp3) is 0.600. The molecule has 0 atom stereocenters. The molecular formula is C5H11NO3. The van der Waals surface area contributed by atoms with Crippen molar-refractivity contribution in [3.05, 3.63) is 0 Å². The molecule has 4 heteroatoms. The van der Waals surface area contributed by atoms with Crippen molar-refractivity contribution in [1.29, 1.82) is 0 Å². The molecule has 0 bridgehead atoms. The van der Waals surface area contributed by atoms with Crippen LogP contribution in [0.15, 0.2) is 0 Å². The second-order valence-corrected chi connectivity index (χ2v) is 1.10. The van der Waals surface area contributed by atoms with Crippen molar-refractivity contribution in [3.8, 4) is 0 Å². The van der Waals surface area contributed by atoms with E-state index >= 15 is 0 Å². The molecule has 9 heavy (non-hydrogen) atoms. The van der Waals surface area contributed by atoms with E-state index in [0.29, 0.717) is 0 Å². The number of hydrogen-bond acceptors (Lipinski definition) is 3. The van der Waals surface area contributed by atoms with Gasteiger partial charge in [-0.25, -0.2) is 0 Å². The minimum atomic E-state index is -0.926. The van der Waals surface area contributed by atoms with Gasteiger partial charge in [0, 0.05) is 13.7 Å². The van der Waals surface area contributed by atoms with Gasteiger partial charge >= 0.3 is 0 Å². The zero-order valence-corrected chi connectivity index (χ0v) is 5.59. The number of nitrogens with two attached hydrogens (primary N) is 1. The van der Waals surface area contributed by atoms with Crippen LogP contribution in [0.3, 0.4) is 0 Å². The average molecular weight is 133 g/mol. The van der Waals surface area contributed by atoms with Crippen LogP contribution in [-0.2, 0) is 14.3 Å². The molecule has 1 amide bonds. The van der Waals surface area contributed by atoms with Crippen LogP contribution in [0, 0.1) is 0 Å². The molecule has 0 saturated heterocycles. The fourth-order valence-corrected chi connectivity index (χ4v) is 0. The molecule has 0 radical (unpaired) electrons. The quantitative estimate of drug-likeness (QED) is 0.401. The van der Waals surface area contributed by atoms with Crippen molar-refractivity contribution in [2.45, 2.75) is 6.92 Å². The Morgan fingerprint density at radius 2 is 2.00 bits per heavy atom. The van der Waals surface area contributed by atoms with E-state index in [4.69, 9.17) is 4.79 Å². The van der Waals surface area contributed by atoms with Crippen LogP contribution in [0.1, 0.15) is 6.92 Å². The topological polar surface area (TPSA) is 69.4 Å². The predicted octanol–water partition coefficient (Wildman–Crippen LogP) is -0.677. The number of hydrogen-bond donors (Lipinski definition) is 1. The molecule has 2 N–H and O–H groups in total. The zero-order chi connectivity index (χ0) is 7.70. The summed E-state index contributed by atoms with van der Waals surface area (Å²) in [5, 5.41) is 0. The van der Waals surface area contributed by atoms with Crippen molar-refractivity contribution in [2.75, 3.05) is 13.7 Å². The molecule has 0 unspecified atom stereocenters. The van der Waals surface area contributed by atoms with Gasteiger partial charge in [0.15, 0.2) is 0 Å². The van der Waals surface area contributed by atoms with Gasteiger partial charge in [-0.15, -0.1) is 0 Å². The van der Waals surface area contributed by atoms with E-state index in [-0.39, 0.29) is 6.29 Å². The van der Waals surface area contributed by atoms with Gasteiger partial charge in [0.2, 0.25) is 6.29 Å².